The lowest BCUT2D eigenvalue weighted by Gasteiger charge is -2.14. The van der Waals surface area contributed by atoms with Gasteiger partial charge in [-0.1, -0.05) is 30.3 Å². The number of halogens is 1. The van der Waals surface area contributed by atoms with Crippen LogP contribution in [0.15, 0.2) is 51.7 Å². The molecule has 2 rings (SSSR count). The predicted octanol–water partition coefficient (Wildman–Crippen LogP) is 2.60. The van der Waals surface area contributed by atoms with Crippen molar-refractivity contribution in [3.05, 3.63) is 58.5 Å². The van der Waals surface area contributed by atoms with Crippen LogP contribution in [0.1, 0.15) is 22.0 Å². The van der Waals surface area contributed by atoms with Crippen molar-refractivity contribution in [2.45, 2.75) is 6.04 Å². The van der Waals surface area contributed by atoms with Crippen LogP contribution in [0.3, 0.4) is 0 Å². The zero-order valence-corrected chi connectivity index (χ0v) is 11.3. The van der Waals surface area contributed by atoms with E-state index < -0.39 is 17.9 Å². The molecule has 0 aliphatic rings. The van der Waals surface area contributed by atoms with Gasteiger partial charge in [-0.3, -0.25) is 4.79 Å². The number of carboxylic acid groups (broad SMARTS) is 1. The maximum absolute atomic E-state index is 12.0. The molecule has 2 aromatic rings. The Labute approximate surface area is 117 Å². The summed E-state index contributed by atoms with van der Waals surface area (Å²) in [7, 11) is 0. The van der Waals surface area contributed by atoms with E-state index in [9.17, 15) is 14.7 Å². The molecular formula is C13H10BrNO4. The molecule has 6 heteroatoms. The van der Waals surface area contributed by atoms with E-state index in [2.05, 4.69) is 21.2 Å². The van der Waals surface area contributed by atoms with E-state index in [1.54, 1.807) is 30.3 Å². The molecule has 0 bridgehead atoms. The van der Waals surface area contributed by atoms with Crippen molar-refractivity contribution in [3.63, 3.8) is 0 Å². The van der Waals surface area contributed by atoms with Crippen molar-refractivity contribution in [3.8, 4) is 0 Å². The van der Waals surface area contributed by atoms with Crippen molar-refractivity contribution >= 4 is 27.8 Å². The van der Waals surface area contributed by atoms with Crippen molar-refractivity contribution in [1.82, 2.24) is 5.32 Å². The maximum atomic E-state index is 12.0. The number of carbonyl (C=O) groups is 2. The summed E-state index contributed by atoms with van der Waals surface area (Å²) in [4.78, 5) is 23.2. The second kappa shape index (κ2) is 5.71. The van der Waals surface area contributed by atoms with Crippen LogP contribution in [0.2, 0.25) is 0 Å². The zero-order chi connectivity index (χ0) is 13.8. The highest BCUT2D eigenvalue weighted by atomic mass is 79.9. The van der Waals surface area contributed by atoms with Gasteiger partial charge in [0, 0.05) is 0 Å². The van der Waals surface area contributed by atoms with Gasteiger partial charge in [-0.05, 0) is 27.6 Å². The standard InChI is InChI=1S/C13H10BrNO4/c14-11-9(6-7-19-11)12(16)15-10(13(17)18)8-4-2-1-3-5-8/h1-7,10H,(H,15,16)(H,17,18)/t10-/m0/s1. The average Bonchev–Trinajstić information content (AvgIpc) is 2.82. The Morgan fingerprint density at radius 1 is 1.21 bits per heavy atom. The van der Waals surface area contributed by atoms with Crippen LogP contribution >= 0.6 is 15.9 Å². The zero-order valence-electron chi connectivity index (χ0n) is 9.67. The highest BCUT2D eigenvalue weighted by Gasteiger charge is 2.24. The summed E-state index contributed by atoms with van der Waals surface area (Å²) in [5, 5.41) is 11.6. The van der Waals surface area contributed by atoms with E-state index in [-0.39, 0.29) is 10.2 Å². The quantitative estimate of drug-likeness (QED) is 0.906. The lowest BCUT2D eigenvalue weighted by molar-refractivity contribution is -0.139. The molecule has 0 spiro atoms. The van der Waals surface area contributed by atoms with E-state index in [1.807, 2.05) is 0 Å². The summed E-state index contributed by atoms with van der Waals surface area (Å²) in [6, 6.07) is 8.85. The number of hydrogen-bond acceptors (Lipinski definition) is 3. The maximum Gasteiger partial charge on any atom is 0.330 e. The number of carboxylic acids is 1. The monoisotopic (exact) mass is 323 g/mol. The summed E-state index contributed by atoms with van der Waals surface area (Å²) in [6.45, 7) is 0. The Morgan fingerprint density at radius 3 is 2.42 bits per heavy atom. The molecule has 5 nitrogen and oxygen atoms in total. The molecule has 98 valence electrons. The molecule has 0 aliphatic heterocycles. The average molecular weight is 324 g/mol. The molecule has 0 aliphatic carbocycles. The fourth-order valence-electron chi connectivity index (χ4n) is 1.60. The third-order valence-corrected chi connectivity index (χ3v) is 3.13. The van der Waals surface area contributed by atoms with Crippen LogP contribution in [0.4, 0.5) is 0 Å². The van der Waals surface area contributed by atoms with E-state index in [0.29, 0.717) is 5.56 Å². The summed E-state index contributed by atoms with van der Waals surface area (Å²) in [5.74, 6) is -1.64. The first kappa shape index (κ1) is 13.4. The van der Waals surface area contributed by atoms with E-state index in [1.165, 1.54) is 12.3 Å². The molecule has 1 amide bonds. The second-order valence-electron chi connectivity index (χ2n) is 3.76. The number of benzene rings is 1. The fraction of sp³-hybridized carbons (Fsp3) is 0.0769. The molecule has 1 aromatic carbocycles. The fourth-order valence-corrected chi connectivity index (χ4v) is 2.02. The van der Waals surface area contributed by atoms with Gasteiger partial charge in [0.25, 0.3) is 5.91 Å². The van der Waals surface area contributed by atoms with Gasteiger partial charge >= 0.3 is 5.97 Å². The third-order valence-electron chi connectivity index (χ3n) is 2.52. The van der Waals surface area contributed by atoms with Gasteiger partial charge in [0.2, 0.25) is 0 Å². The first-order valence-corrected chi connectivity index (χ1v) is 6.20. The summed E-state index contributed by atoms with van der Waals surface area (Å²) in [5.41, 5.74) is 0.755. The first-order chi connectivity index (χ1) is 9.09. The molecule has 0 radical (unpaired) electrons. The highest BCUT2D eigenvalue weighted by Crippen LogP contribution is 2.19. The number of carbonyl (C=O) groups excluding carboxylic acids is 1. The Morgan fingerprint density at radius 2 is 1.89 bits per heavy atom. The third kappa shape index (κ3) is 3.03. The molecule has 1 heterocycles. The Balaban J connectivity index is 2.21. The molecule has 0 unspecified atom stereocenters. The molecule has 1 aromatic heterocycles. The Bertz CT molecular complexity index is 594. The minimum atomic E-state index is -1.13. The summed E-state index contributed by atoms with van der Waals surface area (Å²) in [6.07, 6.45) is 1.34. The van der Waals surface area contributed by atoms with Crippen molar-refractivity contribution in [2.75, 3.05) is 0 Å². The first-order valence-electron chi connectivity index (χ1n) is 5.41. The Kier molecular flexibility index (Phi) is 4.01. The number of rotatable bonds is 4. The predicted molar refractivity (Wildman–Crippen MR) is 70.7 cm³/mol. The molecular weight excluding hydrogens is 314 g/mol. The van der Waals surface area contributed by atoms with Crippen LogP contribution in [0, 0.1) is 0 Å². The van der Waals surface area contributed by atoms with Gasteiger partial charge in [0.15, 0.2) is 10.7 Å². The molecule has 0 saturated heterocycles. The second-order valence-corrected chi connectivity index (χ2v) is 4.48. The summed E-state index contributed by atoms with van der Waals surface area (Å²) >= 11 is 3.08. The Hall–Kier alpha value is -2.08. The summed E-state index contributed by atoms with van der Waals surface area (Å²) < 4.78 is 5.21. The van der Waals surface area contributed by atoms with E-state index >= 15 is 0 Å². The van der Waals surface area contributed by atoms with Gasteiger partial charge in [-0.2, -0.15) is 0 Å². The molecule has 0 fully saturated rings. The van der Waals surface area contributed by atoms with Gasteiger partial charge in [-0.25, -0.2) is 4.79 Å². The lowest BCUT2D eigenvalue weighted by atomic mass is 10.1. The van der Waals surface area contributed by atoms with Crippen LogP contribution in [-0.2, 0) is 4.79 Å². The van der Waals surface area contributed by atoms with Crippen molar-refractivity contribution in [2.24, 2.45) is 0 Å². The van der Waals surface area contributed by atoms with Crippen molar-refractivity contribution < 1.29 is 19.1 Å². The van der Waals surface area contributed by atoms with E-state index in [0.717, 1.165) is 0 Å². The molecule has 19 heavy (non-hydrogen) atoms. The largest absolute Gasteiger partial charge is 0.479 e. The van der Waals surface area contributed by atoms with Crippen LogP contribution in [0.5, 0.6) is 0 Å². The molecule has 1 atom stereocenters. The number of amides is 1. The minimum Gasteiger partial charge on any atom is -0.479 e. The van der Waals surface area contributed by atoms with Gasteiger partial charge in [-0.15, -0.1) is 0 Å². The number of nitrogens with one attached hydrogen (secondary N) is 1. The number of aliphatic carboxylic acids is 1. The van der Waals surface area contributed by atoms with E-state index in [4.69, 9.17) is 4.42 Å². The van der Waals surface area contributed by atoms with Crippen LogP contribution in [-0.4, -0.2) is 17.0 Å². The smallest absolute Gasteiger partial charge is 0.330 e. The lowest BCUT2D eigenvalue weighted by Crippen LogP contribution is -2.33. The SMILES string of the molecule is O=C(N[C@H](C(=O)O)c1ccccc1)c1ccoc1Br. The van der Waals surface area contributed by atoms with Gasteiger partial charge in [0.1, 0.15) is 0 Å². The van der Waals surface area contributed by atoms with Crippen molar-refractivity contribution in [1.29, 1.82) is 0 Å². The normalized spacial score (nSPS) is 11.8. The highest BCUT2D eigenvalue weighted by molar-refractivity contribution is 9.10. The molecule has 0 saturated carbocycles. The van der Waals surface area contributed by atoms with Gasteiger partial charge < -0.3 is 14.8 Å². The number of furan rings is 1. The topological polar surface area (TPSA) is 79.5 Å². The molecule has 2 N–H and O–H groups in total. The van der Waals surface area contributed by atoms with Crippen LogP contribution in [0.25, 0.3) is 0 Å². The van der Waals surface area contributed by atoms with Crippen LogP contribution < -0.4 is 5.32 Å². The minimum absolute atomic E-state index is 0.252. The number of hydrogen-bond donors (Lipinski definition) is 2. The van der Waals surface area contributed by atoms with Gasteiger partial charge in [0.05, 0.1) is 11.8 Å².